The van der Waals surface area contributed by atoms with Crippen molar-refractivity contribution in [3.05, 3.63) is 24.3 Å². The molecule has 1 saturated carbocycles. The summed E-state index contributed by atoms with van der Waals surface area (Å²) in [4.78, 5) is 16.8. The molecule has 0 aromatic heterocycles. The Balaban J connectivity index is 1.41. The Morgan fingerprint density at radius 3 is 2.25 bits per heavy atom. The molecule has 1 amide bonds. The van der Waals surface area contributed by atoms with Gasteiger partial charge in [-0.25, -0.2) is 0 Å². The van der Waals surface area contributed by atoms with E-state index >= 15 is 0 Å². The Hall–Kier alpha value is -1.75. The number of amides is 1. The van der Waals surface area contributed by atoms with Crippen LogP contribution in [0.4, 0.5) is 0 Å². The molecular formula is C19H28N2O3. The lowest BCUT2D eigenvalue weighted by atomic mass is 9.94. The topological polar surface area (TPSA) is 42.0 Å². The number of ether oxygens (including phenoxy) is 2. The van der Waals surface area contributed by atoms with Crippen molar-refractivity contribution in [2.45, 2.75) is 38.1 Å². The SMILES string of the molecule is COc1ccc(OCC(=O)N2CCN(C3CCCCC3)CC2)cc1. The van der Waals surface area contributed by atoms with E-state index in [1.54, 1.807) is 7.11 Å². The van der Waals surface area contributed by atoms with E-state index in [1.807, 2.05) is 29.2 Å². The molecule has 24 heavy (non-hydrogen) atoms. The lowest BCUT2D eigenvalue weighted by Crippen LogP contribution is -2.53. The summed E-state index contributed by atoms with van der Waals surface area (Å²) in [6.45, 7) is 3.75. The number of hydrogen-bond donors (Lipinski definition) is 0. The van der Waals surface area contributed by atoms with Gasteiger partial charge in [0.15, 0.2) is 6.61 Å². The molecule has 1 aromatic carbocycles. The second-order valence-corrected chi connectivity index (χ2v) is 6.67. The first kappa shape index (κ1) is 17.1. The van der Waals surface area contributed by atoms with Gasteiger partial charge in [-0.2, -0.15) is 0 Å². The van der Waals surface area contributed by atoms with Crippen molar-refractivity contribution >= 4 is 5.91 Å². The van der Waals surface area contributed by atoms with Crippen LogP contribution in [-0.2, 0) is 4.79 Å². The molecule has 1 saturated heterocycles. The normalized spacial score (nSPS) is 20.0. The lowest BCUT2D eigenvalue weighted by molar-refractivity contribution is -0.135. The Morgan fingerprint density at radius 2 is 1.62 bits per heavy atom. The third kappa shape index (κ3) is 4.41. The number of methoxy groups -OCH3 is 1. The minimum absolute atomic E-state index is 0.0779. The monoisotopic (exact) mass is 332 g/mol. The van der Waals surface area contributed by atoms with E-state index in [4.69, 9.17) is 9.47 Å². The maximum absolute atomic E-state index is 12.3. The number of rotatable bonds is 5. The van der Waals surface area contributed by atoms with Gasteiger partial charge in [-0.3, -0.25) is 9.69 Å². The first-order valence-corrected chi connectivity index (χ1v) is 9.05. The fourth-order valence-corrected chi connectivity index (χ4v) is 3.69. The lowest BCUT2D eigenvalue weighted by Gasteiger charge is -2.40. The van der Waals surface area contributed by atoms with Crippen molar-refractivity contribution in [3.8, 4) is 11.5 Å². The van der Waals surface area contributed by atoms with Crippen LogP contribution in [0.25, 0.3) is 0 Å². The van der Waals surface area contributed by atoms with Crippen LogP contribution in [0.5, 0.6) is 11.5 Å². The molecule has 1 aromatic rings. The van der Waals surface area contributed by atoms with Gasteiger partial charge in [-0.1, -0.05) is 19.3 Å². The highest BCUT2D eigenvalue weighted by atomic mass is 16.5. The summed E-state index contributed by atoms with van der Waals surface area (Å²) in [5.41, 5.74) is 0. The number of piperazine rings is 1. The van der Waals surface area contributed by atoms with E-state index in [9.17, 15) is 4.79 Å². The average Bonchev–Trinajstić information content (AvgIpc) is 2.67. The van der Waals surface area contributed by atoms with E-state index in [-0.39, 0.29) is 12.5 Å². The standard InChI is InChI=1S/C19H28N2O3/c1-23-17-7-9-18(10-8-17)24-15-19(22)21-13-11-20(12-14-21)16-5-3-2-4-6-16/h7-10,16H,2-6,11-15H2,1H3. The van der Waals surface area contributed by atoms with Gasteiger partial charge in [0.1, 0.15) is 11.5 Å². The molecule has 0 atom stereocenters. The van der Waals surface area contributed by atoms with Crippen LogP contribution < -0.4 is 9.47 Å². The Bertz CT molecular complexity index is 518. The summed E-state index contributed by atoms with van der Waals surface area (Å²) in [6, 6.07) is 8.07. The smallest absolute Gasteiger partial charge is 0.260 e. The van der Waals surface area contributed by atoms with Crippen LogP contribution in [0.1, 0.15) is 32.1 Å². The minimum atomic E-state index is 0.0779. The number of benzene rings is 1. The number of nitrogens with zero attached hydrogens (tertiary/aromatic N) is 2. The van der Waals surface area contributed by atoms with Crippen LogP contribution in [-0.4, -0.2) is 61.6 Å². The fraction of sp³-hybridized carbons (Fsp3) is 0.632. The molecule has 0 unspecified atom stereocenters. The first-order chi connectivity index (χ1) is 11.8. The summed E-state index contributed by atoms with van der Waals surface area (Å²) >= 11 is 0. The van der Waals surface area contributed by atoms with Crippen LogP contribution in [0.3, 0.4) is 0 Å². The van der Waals surface area contributed by atoms with Crippen molar-refractivity contribution in [1.29, 1.82) is 0 Å². The summed E-state index contributed by atoms with van der Waals surface area (Å²) in [7, 11) is 1.63. The van der Waals surface area contributed by atoms with Gasteiger partial charge >= 0.3 is 0 Å². The van der Waals surface area contributed by atoms with Crippen LogP contribution in [0.2, 0.25) is 0 Å². The zero-order chi connectivity index (χ0) is 16.8. The van der Waals surface area contributed by atoms with E-state index in [0.29, 0.717) is 5.75 Å². The van der Waals surface area contributed by atoms with Crippen LogP contribution >= 0.6 is 0 Å². The zero-order valence-electron chi connectivity index (χ0n) is 14.6. The van der Waals surface area contributed by atoms with Crippen molar-refractivity contribution in [2.75, 3.05) is 39.9 Å². The van der Waals surface area contributed by atoms with Crippen LogP contribution in [0, 0.1) is 0 Å². The summed E-state index contributed by atoms with van der Waals surface area (Å²) in [5, 5.41) is 0. The van der Waals surface area contributed by atoms with Crippen molar-refractivity contribution in [2.24, 2.45) is 0 Å². The highest BCUT2D eigenvalue weighted by Gasteiger charge is 2.27. The van der Waals surface area contributed by atoms with E-state index in [0.717, 1.165) is 38.0 Å². The summed E-state index contributed by atoms with van der Waals surface area (Å²) < 4.78 is 10.7. The molecule has 1 heterocycles. The molecule has 0 radical (unpaired) electrons. The second-order valence-electron chi connectivity index (χ2n) is 6.67. The van der Waals surface area contributed by atoms with Crippen molar-refractivity contribution in [3.63, 3.8) is 0 Å². The third-order valence-corrected chi connectivity index (χ3v) is 5.18. The molecule has 0 N–H and O–H groups in total. The molecule has 0 bridgehead atoms. The highest BCUT2D eigenvalue weighted by molar-refractivity contribution is 5.77. The third-order valence-electron chi connectivity index (χ3n) is 5.18. The summed E-state index contributed by atoms with van der Waals surface area (Å²) in [5.74, 6) is 1.56. The summed E-state index contributed by atoms with van der Waals surface area (Å²) in [6.07, 6.45) is 6.76. The second kappa shape index (κ2) is 8.38. The number of hydrogen-bond acceptors (Lipinski definition) is 4. The Kier molecular flexibility index (Phi) is 5.96. The van der Waals surface area contributed by atoms with E-state index < -0.39 is 0 Å². The predicted molar refractivity (Wildman–Crippen MR) is 93.5 cm³/mol. The molecule has 1 aliphatic carbocycles. The number of carbonyl (C=O) groups is 1. The molecule has 2 fully saturated rings. The van der Waals surface area contributed by atoms with Gasteiger partial charge in [0.2, 0.25) is 0 Å². The first-order valence-electron chi connectivity index (χ1n) is 9.05. The zero-order valence-corrected chi connectivity index (χ0v) is 14.6. The highest BCUT2D eigenvalue weighted by Crippen LogP contribution is 2.23. The largest absolute Gasteiger partial charge is 0.497 e. The van der Waals surface area contributed by atoms with Gasteiger partial charge in [-0.15, -0.1) is 0 Å². The maximum Gasteiger partial charge on any atom is 0.260 e. The molecule has 132 valence electrons. The van der Waals surface area contributed by atoms with Gasteiger partial charge < -0.3 is 14.4 Å². The van der Waals surface area contributed by atoms with Gasteiger partial charge in [0.05, 0.1) is 7.11 Å². The minimum Gasteiger partial charge on any atom is -0.497 e. The van der Waals surface area contributed by atoms with Crippen molar-refractivity contribution < 1.29 is 14.3 Å². The molecule has 1 aliphatic heterocycles. The molecule has 3 rings (SSSR count). The fourth-order valence-electron chi connectivity index (χ4n) is 3.69. The Morgan fingerprint density at radius 1 is 1.00 bits per heavy atom. The Labute approximate surface area is 144 Å². The molecular weight excluding hydrogens is 304 g/mol. The van der Waals surface area contributed by atoms with Gasteiger partial charge in [0.25, 0.3) is 5.91 Å². The van der Waals surface area contributed by atoms with Gasteiger partial charge in [0, 0.05) is 32.2 Å². The number of carbonyl (C=O) groups excluding carboxylic acids is 1. The average molecular weight is 332 g/mol. The van der Waals surface area contributed by atoms with E-state index in [2.05, 4.69) is 4.90 Å². The molecule has 5 nitrogen and oxygen atoms in total. The van der Waals surface area contributed by atoms with Gasteiger partial charge in [-0.05, 0) is 37.1 Å². The molecule has 2 aliphatic rings. The maximum atomic E-state index is 12.3. The quantitative estimate of drug-likeness (QED) is 0.831. The molecule has 5 heteroatoms. The van der Waals surface area contributed by atoms with Crippen LogP contribution in [0.15, 0.2) is 24.3 Å². The van der Waals surface area contributed by atoms with E-state index in [1.165, 1.54) is 32.1 Å². The molecule has 0 spiro atoms. The van der Waals surface area contributed by atoms with Crippen molar-refractivity contribution in [1.82, 2.24) is 9.80 Å². The predicted octanol–water partition coefficient (Wildman–Crippen LogP) is 2.55.